The molecule has 4 fully saturated rings. The van der Waals surface area contributed by atoms with Crippen LogP contribution in [0.5, 0.6) is 0 Å². The van der Waals surface area contributed by atoms with E-state index in [2.05, 4.69) is 10.6 Å². The first-order valence-corrected chi connectivity index (χ1v) is 11.2. The summed E-state index contributed by atoms with van der Waals surface area (Å²) in [7, 11) is -3.34. The zero-order chi connectivity index (χ0) is 17.4. The molecule has 9 heteroatoms. The zero-order valence-corrected chi connectivity index (χ0v) is 16.9. The van der Waals surface area contributed by atoms with Gasteiger partial charge in [-0.05, 0) is 63.3 Å². The first kappa shape index (κ1) is 20.3. The number of piperidine rings is 2. The molecule has 1 amide bonds. The van der Waals surface area contributed by atoms with Gasteiger partial charge >= 0.3 is 0 Å². The molecule has 2 N–H and O–H groups in total. The number of rotatable bonds is 5. The van der Waals surface area contributed by atoms with Crippen LogP contribution in [0, 0.1) is 11.8 Å². The summed E-state index contributed by atoms with van der Waals surface area (Å²) in [5, 5.41) is 6.23. The molecule has 1 aliphatic carbocycles. The van der Waals surface area contributed by atoms with Crippen molar-refractivity contribution in [2.45, 2.75) is 57.0 Å². The molecule has 2 bridgehead atoms. The molecule has 0 aromatic heterocycles. The third kappa shape index (κ3) is 4.04. The first-order valence-electron chi connectivity index (χ1n) is 9.82. The van der Waals surface area contributed by atoms with E-state index in [-0.39, 0.29) is 36.3 Å². The standard InChI is InChI=1S/C17H30N4O3S.ClH/c22-17(16-4-1-7-18-16)19-10-14-3-2-8-20(11-14)25(23,24)21-12-13-5-6-15(21)9-13;/h13-16,18H,1-12H2,(H,19,22);1H. The summed E-state index contributed by atoms with van der Waals surface area (Å²) in [6, 6.07) is 0.159. The van der Waals surface area contributed by atoms with Crippen LogP contribution in [0.4, 0.5) is 0 Å². The number of hydrogen-bond donors (Lipinski definition) is 2. The van der Waals surface area contributed by atoms with Crippen LogP contribution in [0.15, 0.2) is 0 Å². The van der Waals surface area contributed by atoms with Crippen LogP contribution in [-0.4, -0.2) is 67.7 Å². The maximum absolute atomic E-state index is 13.0. The van der Waals surface area contributed by atoms with E-state index in [0.717, 1.165) is 45.1 Å². The highest BCUT2D eigenvalue weighted by molar-refractivity contribution is 7.86. The maximum atomic E-state index is 13.0. The lowest BCUT2D eigenvalue weighted by molar-refractivity contribution is -0.123. The number of carbonyl (C=O) groups excluding carboxylic acids is 1. The Bertz CT molecular complexity index is 611. The van der Waals surface area contributed by atoms with Gasteiger partial charge in [0, 0.05) is 32.2 Å². The Morgan fingerprint density at radius 1 is 1.12 bits per heavy atom. The summed E-state index contributed by atoms with van der Waals surface area (Å²) < 4.78 is 29.5. The van der Waals surface area contributed by atoms with Crippen LogP contribution >= 0.6 is 12.4 Å². The van der Waals surface area contributed by atoms with Crippen molar-refractivity contribution in [1.29, 1.82) is 0 Å². The Balaban J connectivity index is 0.00000196. The van der Waals surface area contributed by atoms with E-state index in [1.807, 2.05) is 0 Å². The molecule has 0 spiro atoms. The van der Waals surface area contributed by atoms with Crippen LogP contribution in [0.2, 0.25) is 0 Å². The minimum absolute atomic E-state index is 0. The molecule has 1 saturated carbocycles. The second kappa shape index (κ2) is 8.31. The van der Waals surface area contributed by atoms with E-state index in [0.29, 0.717) is 32.1 Å². The topological polar surface area (TPSA) is 81.8 Å². The normalized spacial score (nSPS) is 35.4. The fourth-order valence-corrected chi connectivity index (χ4v) is 7.01. The Kier molecular flexibility index (Phi) is 6.49. The molecule has 4 unspecified atom stereocenters. The second-order valence-corrected chi connectivity index (χ2v) is 10.1. The molecule has 26 heavy (non-hydrogen) atoms. The summed E-state index contributed by atoms with van der Waals surface area (Å²) >= 11 is 0. The van der Waals surface area contributed by atoms with E-state index in [9.17, 15) is 13.2 Å². The van der Waals surface area contributed by atoms with E-state index >= 15 is 0 Å². The smallest absolute Gasteiger partial charge is 0.282 e. The quantitative estimate of drug-likeness (QED) is 0.704. The van der Waals surface area contributed by atoms with Crippen molar-refractivity contribution in [1.82, 2.24) is 19.2 Å². The Hall–Kier alpha value is -0.410. The lowest BCUT2D eigenvalue weighted by Gasteiger charge is -2.37. The van der Waals surface area contributed by atoms with Crippen molar-refractivity contribution in [2.75, 3.05) is 32.7 Å². The minimum atomic E-state index is -3.34. The number of carbonyl (C=O) groups is 1. The third-order valence-electron chi connectivity index (χ3n) is 6.41. The third-order valence-corrected chi connectivity index (χ3v) is 8.43. The van der Waals surface area contributed by atoms with Crippen molar-refractivity contribution >= 4 is 28.5 Å². The number of nitrogens with one attached hydrogen (secondary N) is 2. The molecule has 0 aromatic carbocycles. The van der Waals surface area contributed by atoms with Gasteiger partial charge < -0.3 is 10.6 Å². The van der Waals surface area contributed by atoms with E-state index in [4.69, 9.17) is 0 Å². The maximum Gasteiger partial charge on any atom is 0.282 e. The predicted molar refractivity (Wildman–Crippen MR) is 102 cm³/mol. The van der Waals surface area contributed by atoms with E-state index in [1.165, 1.54) is 6.42 Å². The van der Waals surface area contributed by atoms with E-state index in [1.54, 1.807) is 8.61 Å². The molecule has 3 heterocycles. The Morgan fingerprint density at radius 2 is 1.96 bits per heavy atom. The van der Waals surface area contributed by atoms with Crippen molar-refractivity contribution in [3.63, 3.8) is 0 Å². The number of hydrogen-bond acceptors (Lipinski definition) is 4. The van der Waals surface area contributed by atoms with Gasteiger partial charge in [0.15, 0.2) is 0 Å². The summed E-state index contributed by atoms with van der Waals surface area (Å²) in [5.74, 6) is 0.849. The van der Waals surface area contributed by atoms with Crippen LogP contribution < -0.4 is 10.6 Å². The van der Waals surface area contributed by atoms with Crippen molar-refractivity contribution in [2.24, 2.45) is 11.8 Å². The van der Waals surface area contributed by atoms with Gasteiger partial charge in [-0.1, -0.05) is 0 Å². The summed E-state index contributed by atoms with van der Waals surface area (Å²) in [5.41, 5.74) is 0. The van der Waals surface area contributed by atoms with E-state index < -0.39 is 10.2 Å². The number of fused-ring (bicyclic) bond motifs is 2. The summed E-state index contributed by atoms with van der Waals surface area (Å²) in [6.07, 6.45) is 7.05. The van der Waals surface area contributed by atoms with Crippen molar-refractivity contribution in [3.05, 3.63) is 0 Å². The molecule has 0 radical (unpaired) electrons. The highest BCUT2D eigenvalue weighted by Gasteiger charge is 2.46. The first-order chi connectivity index (χ1) is 12.0. The monoisotopic (exact) mass is 406 g/mol. The highest BCUT2D eigenvalue weighted by atomic mass is 35.5. The van der Waals surface area contributed by atoms with Crippen molar-refractivity contribution in [3.8, 4) is 0 Å². The highest BCUT2D eigenvalue weighted by Crippen LogP contribution is 2.40. The van der Waals surface area contributed by atoms with Crippen LogP contribution in [-0.2, 0) is 15.0 Å². The number of amides is 1. The number of nitrogens with zero attached hydrogens (tertiary/aromatic N) is 2. The van der Waals surface area contributed by atoms with Gasteiger partial charge in [0.1, 0.15) is 0 Å². The van der Waals surface area contributed by atoms with Gasteiger partial charge in [-0.2, -0.15) is 17.0 Å². The summed E-state index contributed by atoms with van der Waals surface area (Å²) in [6.45, 7) is 3.35. The largest absolute Gasteiger partial charge is 0.354 e. The minimum Gasteiger partial charge on any atom is -0.354 e. The van der Waals surface area contributed by atoms with Gasteiger partial charge in [0.05, 0.1) is 6.04 Å². The lowest BCUT2D eigenvalue weighted by Crippen LogP contribution is -2.52. The van der Waals surface area contributed by atoms with Crippen LogP contribution in [0.1, 0.15) is 44.9 Å². The summed E-state index contributed by atoms with van der Waals surface area (Å²) in [4.78, 5) is 12.1. The molecular formula is C17H31ClN4O3S. The molecular weight excluding hydrogens is 376 g/mol. The van der Waals surface area contributed by atoms with Gasteiger partial charge in [-0.25, -0.2) is 0 Å². The molecule has 4 atom stereocenters. The fourth-order valence-electron chi connectivity index (χ4n) is 4.99. The molecule has 4 rings (SSSR count). The Morgan fingerprint density at radius 3 is 2.62 bits per heavy atom. The van der Waals surface area contributed by atoms with Gasteiger partial charge in [-0.15, -0.1) is 12.4 Å². The SMILES string of the molecule is Cl.O=C(NCC1CCCN(S(=O)(=O)N2CC3CCC2C3)C1)C1CCCN1. The predicted octanol–water partition coefficient (Wildman–Crippen LogP) is 0.718. The average Bonchev–Trinajstić information content (AvgIpc) is 3.37. The number of halogens is 1. The molecule has 150 valence electrons. The molecule has 3 aliphatic heterocycles. The van der Waals surface area contributed by atoms with Gasteiger partial charge in [0.2, 0.25) is 5.91 Å². The molecule has 7 nitrogen and oxygen atoms in total. The molecule has 3 saturated heterocycles. The van der Waals surface area contributed by atoms with Crippen LogP contribution in [0.3, 0.4) is 0 Å². The van der Waals surface area contributed by atoms with Crippen LogP contribution in [0.25, 0.3) is 0 Å². The molecule has 4 aliphatic rings. The van der Waals surface area contributed by atoms with Crippen molar-refractivity contribution < 1.29 is 13.2 Å². The van der Waals surface area contributed by atoms with Gasteiger partial charge in [0.25, 0.3) is 10.2 Å². The molecule has 0 aromatic rings. The fraction of sp³-hybridized carbons (Fsp3) is 0.941. The average molecular weight is 407 g/mol. The zero-order valence-electron chi connectivity index (χ0n) is 15.2. The Labute approximate surface area is 162 Å². The second-order valence-electron chi connectivity index (χ2n) is 8.17. The van der Waals surface area contributed by atoms with Gasteiger partial charge in [-0.3, -0.25) is 4.79 Å². The lowest BCUT2D eigenvalue weighted by atomic mass is 9.99.